The molecular weight excluding hydrogens is 299 g/mol. The fraction of sp³-hybridized carbons (Fsp3) is 0.750. The molecule has 7 nitrogen and oxygen atoms in total. The number of hydrogen-bond acceptors (Lipinski definition) is 4. The van der Waals surface area contributed by atoms with Gasteiger partial charge in [-0.25, -0.2) is 4.98 Å². The second-order valence-electron chi connectivity index (χ2n) is 4.98. The lowest BCUT2D eigenvalue weighted by Gasteiger charge is -2.23. The maximum Gasteiger partial charge on any atom is 0.401 e. The number of hydrogen-bond donors (Lipinski definition) is 1. The number of rotatable bonds is 6. The summed E-state index contributed by atoms with van der Waals surface area (Å²) in [5.41, 5.74) is 0. The summed E-state index contributed by atoms with van der Waals surface area (Å²) in [6.45, 7) is 0.190. The first-order valence-corrected chi connectivity index (χ1v) is 6.73. The highest BCUT2D eigenvalue weighted by Gasteiger charge is 2.28. The third kappa shape index (κ3) is 6.29. The number of alkyl halides is 3. The number of nitrogens with zero attached hydrogens (tertiary/aromatic N) is 6. The molecule has 0 atom stereocenters. The maximum absolute atomic E-state index is 12.2. The molecule has 0 bridgehead atoms. The predicted octanol–water partition coefficient (Wildman–Crippen LogP) is 0.316. The zero-order valence-corrected chi connectivity index (χ0v) is 13.2. The maximum atomic E-state index is 12.2. The number of guanidine groups is 1. The first kappa shape index (κ1) is 18.2. The van der Waals surface area contributed by atoms with Gasteiger partial charge in [0.15, 0.2) is 5.96 Å². The van der Waals surface area contributed by atoms with Gasteiger partial charge in [-0.1, -0.05) is 0 Å². The van der Waals surface area contributed by atoms with Crippen LogP contribution in [0.3, 0.4) is 0 Å². The van der Waals surface area contributed by atoms with E-state index in [0.717, 1.165) is 5.82 Å². The summed E-state index contributed by atoms with van der Waals surface area (Å²) in [5.74, 6) is 1.35. The third-order valence-corrected chi connectivity index (χ3v) is 2.98. The smallest absolute Gasteiger partial charge is 0.355 e. The molecular formula is C12H22F3N7. The van der Waals surface area contributed by atoms with Gasteiger partial charge in [0.05, 0.1) is 13.1 Å². The Labute approximate surface area is 127 Å². The van der Waals surface area contributed by atoms with Crippen molar-refractivity contribution >= 4 is 5.96 Å². The topological polar surface area (TPSA) is 61.6 Å². The molecule has 0 saturated heterocycles. The van der Waals surface area contributed by atoms with Gasteiger partial charge in [-0.3, -0.25) is 14.6 Å². The van der Waals surface area contributed by atoms with Gasteiger partial charge in [0.25, 0.3) is 0 Å². The Morgan fingerprint density at radius 1 is 1.41 bits per heavy atom. The van der Waals surface area contributed by atoms with E-state index in [0.29, 0.717) is 19.0 Å². The minimum atomic E-state index is -4.18. The average molecular weight is 321 g/mol. The van der Waals surface area contributed by atoms with E-state index in [1.165, 1.54) is 18.3 Å². The van der Waals surface area contributed by atoms with Gasteiger partial charge < -0.3 is 10.2 Å². The van der Waals surface area contributed by atoms with Crippen molar-refractivity contribution in [3.05, 3.63) is 12.2 Å². The lowest BCUT2D eigenvalue weighted by molar-refractivity contribution is -0.142. The van der Waals surface area contributed by atoms with Crippen LogP contribution in [0.15, 0.2) is 11.3 Å². The summed E-state index contributed by atoms with van der Waals surface area (Å²) in [6.07, 6.45) is -2.72. The van der Waals surface area contributed by atoms with Gasteiger partial charge in [0.2, 0.25) is 0 Å². The predicted molar refractivity (Wildman–Crippen MR) is 77.4 cm³/mol. The van der Waals surface area contributed by atoms with Crippen molar-refractivity contribution < 1.29 is 13.2 Å². The molecule has 0 unspecified atom stereocenters. The van der Waals surface area contributed by atoms with E-state index in [2.05, 4.69) is 20.4 Å². The Morgan fingerprint density at radius 2 is 2.09 bits per heavy atom. The first-order valence-electron chi connectivity index (χ1n) is 6.73. The normalized spacial score (nSPS) is 12.8. The highest BCUT2D eigenvalue weighted by atomic mass is 19.4. The Balaban J connectivity index is 2.41. The molecule has 0 fully saturated rings. The molecule has 0 spiro atoms. The van der Waals surface area contributed by atoms with E-state index in [-0.39, 0.29) is 6.54 Å². The zero-order valence-electron chi connectivity index (χ0n) is 13.2. The fourth-order valence-corrected chi connectivity index (χ4v) is 1.88. The summed E-state index contributed by atoms with van der Waals surface area (Å²) in [5, 5.41) is 7.01. The first-order chi connectivity index (χ1) is 10.2. The highest BCUT2D eigenvalue weighted by Crippen LogP contribution is 2.14. The molecule has 0 aromatic carbocycles. The van der Waals surface area contributed by atoms with Crippen molar-refractivity contribution in [2.75, 3.05) is 40.8 Å². The van der Waals surface area contributed by atoms with E-state index in [9.17, 15) is 13.2 Å². The Bertz CT molecular complexity index is 483. The summed E-state index contributed by atoms with van der Waals surface area (Å²) >= 11 is 0. The molecule has 126 valence electrons. The van der Waals surface area contributed by atoms with Crippen molar-refractivity contribution in [1.29, 1.82) is 0 Å². The van der Waals surface area contributed by atoms with E-state index in [1.807, 2.05) is 11.9 Å². The van der Waals surface area contributed by atoms with E-state index in [4.69, 9.17) is 0 Å². The fourth-order valence-electron chi connectivity index (χ4n) is 1.88. The lowest BCUT2D eigenvalue weighted by atomic mass is 10.4. The number of aryl methyl sites for hydroxylation is 1. The van der Waals surface area contributed by atoms with Crippen molar-refractivity contribution in [1.82, 2.24) is 29.9 Å². The van der Waals surface area contributed by atoms with Crippen LogP contribution in [0, 0.1) is 0 Å². The van der Waals surface area contributed by atoms with Crippen LogP contribution < -0.4 is 5.32 Å². The van der Waals surface area contributed by atoms with Gasteiger partial charge in [0, 0.05) is 34.2 Å². The molecule has 1 N–H and O–H groups in total. The van der Waals surface area contributed by atoms with Crippen LogP contribution >= 0.6 is 0 Å². The molecule has 0 aliphatic heterocycles. The molecule has 1 heterocycles. The second kappa shape index (κ2) is 7.97. The SMILES string of the molecule is CN=C(NCCN(C)CC(F)(F)F)N(C)Cc1ncnn1C. The van der Waals surface area contributed by atoms with Gasteiger partial charge in [-0.15, -0.1) is 0 Å². The van der Waals surface area contributed by atoms with Crippen LogP contribution in [0.2, 0.25) is 0 Å². The average Bonchev–Trinajstić information content (AvgIpc) is 2.78. The van der Waals surface area contributed by atoms with Crippen molar-refractivity contribution in [3.8, 4) is 0 Å². The van der Waals surface area contributed by atoms with Crippen LogP contribution in [0.25, 0.3) is 0 Å². The number of likely N-dealkylation sites (N-methyl/N-ethyl adjacent to an activating group) is 1. The quantitative estimate of drug-likeness (QED) is 0.604. The van der Waals surface area contributed by atoms with Gasteiger partial charge in [-0.2, -0.15) is 18.3 Å². The van der Waals surface area contributed by atoms with Gasteiger partial charge in [-0.05, 0) is 7.05 Å². The Morgan fingerprint density at radius 3 is 2.59 bits per heavy atom. The van der Waals surface area contributed by atoms with E-state index in [1.54, 1.807) is 18.8 Å². The number of nitrogens with one attached hydrogen (secondary N) is 1. The van der Waals surface area contributed by atoms with Crippen molar-refractivity contribution in [3.63, 3.8) is 0 Å². The minimum absolute atomic E-state index is 0.260. The van der Waals surface area contributed by atoms with Crippen LogP contribution in [-0.4, -0.2) is 77.5 Å². The van der Waals surface area contributed by atoms with Crippen molar-refractivity contribution in [2.45, 2.75) is 12.7 Å². The number of halogens is 3. The molecule has 1 aromatic rings. The minimum Gasteiger partial charge on any atom is -0.355 e. The largest absolute Gasteiger partial charge is 0.401 e. The zero-order chi connectivity index (χ0) is 16.8. The summed E-state index contributed by atoms with van der Waals surface area (Å²) in [4.78, 5) is 11.3. The van der Waals surface area contributed by atoms with E-state index >= 15 is 0 Å². The second-order valence-corrected chi connectivity index (χ2v) is 4.98. The van der Waals surface area contributed by atoms with Crippen LogP contribution in [-0.2, 0) is 13.6 Å². The lowest BCUT2D eigenvalue weighted by Crippen LogP contribution is -2.43. The van der Waals surface area contributed by atoms with E-state index < -0.39 is 12.7 Å². The van der Waals surface area contributed by atoms with Gasteiger partial charge in [0.1, 0.15) is 12.2 Å². The van der Waals surface area contributed by atoms with Crippen LogP contribution in [0.5, 0.6) is 0 Å². The van der Waals surface area contributed by atoms with Crippen LogP contribution in [0.4, 0.5) is 13.2 Å². The monoisotopic (exact) mass is 321 g/mol. The standard InChI is InChI=1S/C12H22F3N7/c1-16-11(17-5-6-20(2)8-12(13,14)15)21(3)7-10-18-9-19-22(10)4/h9H,5-8H2,1-4H3,(H,16,17). The molecule has 10 heteroatoms. The molecule has 0 amide bonds. The molecule has 0 saturated carbocycles. The van der Waals surface area contributed by atoms with Crippen LogP contribution in [0.1, 0.15) is 5.82 Å². The third-order valence-electron chi connectivity index (χ3n) is 2.98. The number of aromatic nitrogens is 3. The molecule has 22 heavy (non-hydrogen) atoms. The molecule has 1 rings (SSSR count). The Kier molecular flexibility index (Phi) is 6.60. The summed E-state index contributed by atoms with van der Waals surface area (Å²) < 4.78 is 38.3. The summed E-state index contributed by atoms with van der Waals surface area (Å²) in [6, 6.07) is 0. The number of aliphatic imine (C=N–C) groups is 1. The molecule has 0 radical (unpaired) electrons. The highest BCUT2D eigenvalue weighted by molar-refractivity contribution is 5.79. The molecule has 0 aliphatic rings. The summed E-state index contributed by atoms with van der Waals surface area (Å²) in [7, 11) is 6.66. The Hall–Kier alpha value is -1.84. The van der Waals surface area contributed by atoms with Gasteiger partial charge >= 0.3 is 6.18 Å². The molecule has 1 aromatic heterocycles. The molecule has 0 aliphatic carbocycles. The van der Waals surface area contributed by atoms with Crippen molar-refractivity contribution in [2.24, 2.45) is 12.0 Å².